The number of hydrogen-bond donors (Lipinski definition) is 1. The molecule has 0 saturated heterocycles. The minimum atomic E-state index is -3.31. The fourth-order valence-electron chi connectivity index (χ4n) is 1.52. The largest absolute Gasteiger partial charge is 0.383 e. The molecule has 16 heavy (non-hydrogen) atoms. The van der Waals surface area contributed by atoms with Gasteiger partial charge in [0, 0.05) is 5.39 Å². The first-order chi connectivity index (χ1) is 7.54. The fraction of sp³-hybridized carbons (Fsp3) is 0.182. The zero-order valence-corrected chi connectivity index (χ0v) is 9.66. The molecule has 4 nitrogen and oxygen atoms in total. The van der Waals surface area contributed by atoms with E-state index in [2.05, 4.69) is 4.98 Å². The minimum absolute atomic E-state index is 0.0250. The van der Waals surface area contributed by atoms with Crippen molar-refractivity contribution in [1.82, 2.24) is 4.98 Å². The molecule has 0 fully saturated rings. The van der Waals surface area contributed by atoms with Crippen molar-refractivity contribution in [3.8, 4) is 0 Å². The van der Waals surface area contributed by atoms with Gasteiger partial charge in [-0.25, -0.2) is 13.4 Å². The maximum Gasteiger partial charge on any atom is 0.181 e. The molecule has 1 aromatic heterocycles. The number of nitrogen functional groups attached to an aromatic ring is 1. The Balaban J connectivity index is 2.78. The van der Waals surface area contributed by atoms with Gasteiger partial charge in [-0.15, -0.1) is 0 Å². The Kier molecular flexibility index (Phi) is 2.55. The number of nitrogens with zero attached hydrogens (tertiary/aromatic N) is 1. The standard InChI is InChI=1S/C11H12N2O2S/c1-2-16(14,15)10-7-8-5-3-4-6-9(8)13-11(10)12/h3-7H,2H2,1H3,(H2,12,13). The molecule has 0 aliphatic rings. The summed E-state index contributed by atoms with van der Waals surface area (Å²) < 4.78 is 23.5. The number of sulfone groups is 1. The van der Waals surface area contributed by atoms with Gasteiger partial charge in [0.05, 0.1) is 11.3 Å². The molecule has 2 rings (SSSR count). The Hall–Kier alpha value is -1.62. The number of hydrogen-bond acceptors (Lipinski definition) is 4. The monoisotopic (exact) mass is 236 g/mol. The molecule has 0 spiro atoms. The second-order valence-corrected chi connectivity index (χ2v) is 5.71. The maximum atomic E-state index is 11.7. The molecule has 2 N–H and O–H groups in total. The lowest BCUT2D eigenvalue weighted by Gasteiger charge is -2.06. The Labute approximate surface area is 94.0 Å². The van der Waals surface area contributed by atoms with Crippen LogP contribution in [0.3, 0.4) is 0 Å². The van der Waals surface area contributed by atoms with Crippen LogP contribution in [0.25, 0.3) is 10.9 Å². The second kappa shape index (κ2) is 3.75. The molecule has 0 atom stereocenters. The summed E-state index contributed by atoms with van der Waals surface area (Å²) in [4.78, 5) is 4.21. The van der Waals surface area contributed by atoms with E-state index in [4.69, 9.17) is 5.73 Å². The summed E-state index contributed by atoms with van der Waals surface area (Å²) in [5.74, 6) is 0.0950. The maximum absolute atomic E-state index is 11.7. The first kappa shape index (κ1) is 10.9. The molecular weight excluding hydrogens is 224 g/mol. The van der Waals surface area contributed by atoms with Gasteiger partial charge >= 0.3 is 0 Å². The Morgan fingerprint density at radius 1 is 1.31 bits per heavy atom. The van der Waals surface area contributed by atoms with Crippen molar-refractivity contribution in [2.75, 3.05) is 11.5 Å². The average Bonchev–Trinajstić information content (AvgIpc) is 2.28. The zero-order valence-electron chi connectivity index (χ0n) is 8.84. The number of anilines is 1. The highest BCUT2D eigenvalue weighted by molar-refractivity contribution is 7.91. The lowest BCUT2D eigenvalue weighted by atomic mass is 10.2. The summed E-state index contributed by atoms with van der Waals surface area (Å²) >= 11 is 0. The Morgan fingerprint density at radius 3 is 2.69 bits per heavy atom. The van der Waals surface area contributed by atoms with E-state index in [9.17, 15) is 8.42 Å². The van der Waals surface area contributed by atoms with Crippen molar-refractivity contribution in [3.63, 3.8) is 0 Å². The third-order valence-corrected chi connectivity index (χ3v) is 4.19. The van der Waals surface area contributed by atoms with Crippen LogP contribution in [0.2, 0.25) is 0 Å². The van der Waals surface area contributed by atoms with E-state index < -0.39 is 9.84 Å². The SMILES string of the molecule is CCS(=O)(=O)c1cc2ccccc2nc1N. The van der Waals surface area contributed by atoms with E-state index in [0.29, 0.717) is 5.52 Å². The van der Waals surface area contributed by atoms with Crippen LogP contribution in [-0.2, 0) is 9.84 Å². The van der Waals surface area contributed by atoms with E-state index in [1.807, 2.05) is 18.2 Å². The van der Waals surface area contributed by atoms with Crippen molar-refractivity contribution in [2.45, 2.75) is 11.8 Å². The van der Waals surface area contributed by atoms with Crippen molar-refractivity contribution in [3.05, 3.63) is 30.3 Å². The van der Waals surface area contributed by atoms with Gasteiger partial charge in [-0.2, -0.15) is 0 Å². The third-order valence-electron chi connectivity index (χ3n) is 2.43. The summed E-state index contributed by atoms with van der Waals surface area (Å²) in [6, 6.07) is 8.87. The second-order valence-electron chi connectivity index (χ2n) is 3.47. The first-order valence-corrected chi connectivity index (χ1v) is 6.58. The Bertz CT molecular complexity index is 635. The van der Waals surface area contributed by atoms with Crippen LogP contribution in [-0.4, -0.2) is 19.2 Å². The number of para-hydroxylation sites is 1. The van der Waals surface area contributed by atoms with Crippen molar-refractivity contribution >= 4 is 26.6 Å². The minimum Gasteiger partial charge on any atom is -0.383 e. The van der Waals surface area contributed by atoms with Crippen LogP contribution in [0, 0.1) is 0 Å². The summed E-state index contributed by atoms with van der Waals surface area (Å²) in [6.07, 6.45) is 0. The van der Waals surface area contributed by atoms with Crippen LogP contribution in [0.5, 0.6) is 0 Å². The molecule has 0 aliphatic carbocycles. The summed E-state index contributed by atoms with van der Waals surface area (Å²) in [7, 11) is -3.31. The number of aromatic nitrogens is 1. The van der Waals surface area contributed by atoms with Crippen LogP contribution in [0.15, 0.2) is 35.2 Å². The summed E-state index contributed by atoms with van der Waals surface area (Å²) in [5, 5.41) is 0.781. The number of fused-ring (bicyclic) bond motifs is 1. The number of nitrogens with two attached hydrogens (primary N) is 1. The van der Waals surface area contributed by atoms with Gasteiger partial charge in [0.2, 0.25) is 0 Å². The average molecular weight is 236 g/mol. The van der Waals surface area contributed by atoms with Crippen LogP contribution < -0.4 is 5.73 Å². The third kappa shape index (κ3) is 1.74. The number of rotatable bonds is 2. The molecule has 5 heteroatoms. The number of pyridine rings is 1. The highest BCUT2D eigenvalue weighted by atomic mass is 32.2. The molecule has 1 aromatic carbocycles. The molecular formula is C11H12N2O2S. The molecule has 0 radical (unpaired) electrons. The zero-order chi connectivity index (χ0) is 11.8. The molecule has 0 amide bonds. The quantitative estimate of drug-likeness (QED) is 0.859. The normalized spacial score (nSPS) is 11.8. The number of benzene rings is 1. The highest BCUT2D eigenvalue weighted by Gasteiger charge is 2.16. The van der Waals surface area contributed by atoms with Gasteiger partial charge in [-0.05, 0) is 12.1 Å². The van der Waals surface area contributed by atoms with E-state index in [1.54, 1.807) is 19.1 Å². The molecule has 84 valence electrons. The first-order valence-electron chi connectivity index (χ1n) is 4.92. The lowest BCUT2D eigenvalue weighted by molar-refractivity contribution is 0.597. The summed E-state index contributed by atoms with van der Waals surface area (Å²) in [6.45, 7) is 1.59. The molecule has 0 aliphatic heterocycles. The Morgan fingerprint density at radius 2 is 2.00 bits per heavy atom. The highest BCUT2D eigenvalue weighted by Crippen LogP contribution is 2.23. The van der Waals surface area contributed by atoms with Crippen molar-refractivity contribution < 1.29 is 8.42 Å². The van der Waals surface area contributed by atoms with E-state index in [-0.39, 0.29) is 16.5 Å². The van der Waals surface area contributed by atoms with Gasteiger partial charge in [0.1, 0.15) is 10.7 Å². The predicted octanol–water partition coefficient (Wildman–Crippen LogP) is 1.61. The smallest absolute Gasteiger partial charge is 0.181 e. The molecule has 0 saturated carbocycles. The topological polar surface area (TPSA) is 73.0 Å². The molecule has 0 bridgehead atoms. The van der Waals surface area contributed by atoms with Crippen molar-refractivity contribution in [1.29, 1.82) is 0 Å². The fourth-order valence-corrected chi connectivity index (χ4v) is 2.50. The van der Waals surface area contributed by atoms with Gasteiger partial charge in [0.25, 0.3) is 0 Å². The van der Waals surface area contributed by atoms with Gasteiger partial charge in [-0.3, -0.25) is 0 Å². The van der Waals surface area contributed by atoms with Crippen LogP contribution >= 0.6 is 0 Å². The molecule has 1 heterocycles. The lowest BCUT2D eigenvalue weighted by Crippen LogP contribution is -2.08. The van der Waals surface area contributed by atoms with Gasteiger partial charge < -0.3 is 5.73 Å². The summed E-state index contributed by atoms with van der Waals surface area (Å²) in [5.41, 5.74) is 6.36. The van der Waals surface area contributed by atoms with E-state index in [0.717, 1.165) is 5.39 Å². The predicted molar refractivity (Wildman–Crippen MR) is 63.9 cm³/mol. The molecule has 2 aromatic rings. The van der Waals surface area contributed by atoms with E-state index >= 15 is 0 Å². The van der Waals surface area contributed by atoms with Gasteiger partial charge in [-0.1, -0.05) is 25.1 Å². The van der Waals surface area contributed by atoms with Gasteiger partial charge in [0.15, 0.2) is 9.84 Å². The van der Waals surface area contributed by atoms with Crippen LogP contribution in [0.1, 0.15) is 6.92 Å². The van der Waals surface area contributed by atoms with Crippen LogP contribution in [0.4, 0.5) is 5.82 Å². The molecule has 0 unspecified atom stereocenters. The van der Waals surface area contributed by atoms with Crippen molar-refractivity contribution in [2.24, 2.45) is 0 Å². The van der Waals surface area contributed by atoms with E-state index in [1.165, 1.54) is 0 Å².